The SMILES string of the molecule is CC(=N)c1c(N)ncnc1NCc1cc2ccccc2c(=O)n1-c1ncccc1C. The molecule has 0 spiro atoms. The van der Waals surface area contributed by atoms with Crippen molar-refractivity contribution in [2.45, 2.75) is 20.4 Å². The van der Waals surface area contributed by atoms with Crippen molar-refractivity contribution in [1.82, 2.24) is 19.5 Å². The van der Waals surface area contributed by atoms with E-state index >= 15 is 0 Å². The van der Waals surface area contributed by atoms with Crippen LogP contribution in [0.2, 0.25) is 0 Å². The number of pyridine rings is 2. The molecule has 4 rings (SSSR count). The predicted octanol–water partition coefficient (Wildman–Crippen LogP) is 3.07. The second-order valence-electron chi connectivity index (χ2n) is 6.97. The van der Waals surface area contributed by atoms with E-state index in [0.29, 0.717) is 28.3 Å². The quantitative estimate of drug-likeness (QED) is 0.443. The summed E-state index contributed by atoms with van der Waals surface area (Å²) in [6.07, 6.45) is 3.02. The van der Waals surface area contributed by atoms with Crippen molar-refractivity contribution in [3.05, 3.63) is 82.2 Å². The van der Waals surface area contributed by atoms with E-state index in [4.69, 9.17) is 11.1 Å². The molecule has 150 valence electrons. The van der Waals surface area contributed by atoms with Gasteiger partial charge in [0.05, 0.1) is 12.1 Å². The van der Waals surface area contributed by atoms with E-state index in [2.05, 4.69) is 20.3 Å². The Hall–Kier alpha value is -4.07. The molecule has 30 heavy (non-hydrogen) atoms. The van der Waals surface area contributed by atoms with Crippen LogP contribution in [0.3, 0.4) is 0 Å². The van der Waals surface area contributed by atoms with Crippen molar-refractivity contribution >= 4 is 28.1 Å². The first-order valence-corrected chi connectivity index (χ1v) is 9.43. The lowest BCUT2D eigenvalue weighted by atomic mass is 10.1. The lowest BCUT2D eigenvalue weighted by Gasteiger charge is -2.17. The predicted molar refractivity (Wildman–Crippen MR) is 118 cm³/mol. The van der Waals surface area contributed by atoms with Crippen LogP contribution in [-0.2, 0) is 6.54 Å². The van der Waals surface area contributed by atoms with Crippen LogP contribution in [0.4, 0.5) is 11.6 Å². The van der Waals surface area contributed by atoms with Crippen LogP contribution in [-0.4, -0.2) is 25.2 Å². The third-order valence-corrected chi connectivity index (χ3v) is 4.89. The topological polar surface area (TPSA) is 123 Å². The maximum atomic E-state index is 13.4. The summed E-state index contributed by atoms with van der Waals surface area (Å²) in [6.45, 7) is 3.83. The molecule has 0 bridgehead atoms. The van der Waals surface area contributed by atoms with E-state index in [1.165, 1.54) is 6.33 Å². The number of benzene rings is 1. The lowest BCUT2D eigenvalue weighted by molar-refractivity contribution is 0.854. The minimum absolute atomic E-state index is 0.141. The number of nitrogens with two attached hydrogens (primary N) is 1. The average Bonchev–Trinajstić information content (AvgIpc) is 2.73. The summed E-state index contributed by atoms with van der Waals surface area (Å²) in [6, 6.07) is 13.2. The molecule has 3 heterocycles. The summed E-state index contributed by atoms with van der Waals surface area (Å²) in [5, 5.41) is 12.7. The Bertz CT molecular complexity index is 1330. The van der Waals surface area contributed by atoms with Crippen LogP contribution in [0.5, 0.6) is 0 Å². The zero-order chi connectivity index (χ0) is 21.3. The maximum Gasteiger partial charge on any atom is 0.264 e. The first kappa shape index (κ1) is 19.3. The molecule has 0 amide bonds. The summed E-state index contributed by atoms with van der Waals surface area (Å²) in [4.78, 5) is 26.0. The van der Waals surface area contributed by atoms with E-state index in [1.807, 2.05) is 49.4 Å². The molecule has 0 saturated heterocycles. The van der Waals surface area contributed by atoms with Crippen molar-refractivity contribution in [3.8, 4) is 5.82 Å². The van der Waals surface area contributed by atoms with E-state index in [0.717, 1.165) is 10.9 Å². The third-order valence-electron chi connectivity index (χ3n) is 4.89. The summed E-state index contributed by atoms with van der Waals surface area (Å²) in [5.41, 5.74) is 8.10. The molecule has 0 aliphatic rings. The second kappa shape index (κ2) is 7.75. The Kier molecular flexibility index (Phi) is 4.97. The van der Waals surface area contributed by atoms with Crippen LogP contribution in [0, 0.1) is 12.3 Å². The van der Waals surface area contributed by atoms with Gasteiger partial charge in [-0.3, -0.25) is 9.36 Å². The number of nitrogen functional groups attached to an aromatic ring is 1. The van der Waals surface area contributed by atoms with Gasteiger partial charge in [0, 0.05) is 23.0 Å². The van der Waals surface area contributed by atoms with Gasteiger partial charge in [-0.15, -0.1) is 0 Å². The third kappa shape index (κ3) is 3.39. The molecule has 0 atom stereocenters. The summed E-state index contributed by atoms with van der Waals surface area (Å²) >= 11 is 0. The molecule has 0 radical (unpaired) electrons. The standard InChI is InChI=1S/C22H21N7O/c1-13-6-5-9-25-21(13)29-16(10-15-7-3-4-8-17(15)22(29)30)11-26-20-18(14(2)23)19(24)27-12-28-20/h3-10,12,23H,11H2,1-2H3,(H3,24,26,27,28). The fourth-order valence-electron chi connectivity index (χ4n) is 3.46. The zero-order valence-electron chi connectivity index (χ0n) is 16.7. The number of nitrogens with one attached hydrogen (secondary N) is 2. The van der Waals surface area contributed by atoms with Gasteiger partial charge in [0.15, 0.2) is 0 Å². The maximum absolute atomic E-state index is 13.4. The molecule has 0 aliphatic heterocycles. The highest BCUT2D eigenvalue weighted by Gasteiger charge is 2.16. The average molecular weight is 399 g/mol. The second-order valence-corrected chi connectivity index (χ2v) is 6.97. The fourth-order valence-corrected chi connectivity index (χ4v) is 3.46. The van der Waals surface area contributed by atoms with Gasteiger partial charge in [0.1, 0.15) is 23.8 Å². The molecule has 4 aromatic rings. The molecular formula is C22H21N7O. The first-order chi connectivity index (χ1) is 14.5. The Labute approximate surface area is 173 Å². The van der Waals surface area contributed by atoms with Crippen LogP contribution in [0.1, 0.15) is 23.7 Å². The van der Waals surface area contributed by atoms with Crippen LogP contribution < -0.4 is 16.6 Å². The summed E-state index contributed by atoms with van der Waals surface area (Å²) in [7, 11) is 0. The molecule has 0 unspecified atom stereocenters. The van der Waals surface area contributed by atoms with Gasteiger partial charge in [0.25, 0.3) is 5.56 Å². The molecule has 8 nitrogen and oxygen atoms in total. The van der Waals surface area contributed by atoms with Gasteiger partial charge in [-0.25, -0.2) is 15.0 Å². The van der Waals surface area contributed by atoms with Gasteiger partial charge in [-0.1, -0.05) is 24.3 Å². The fraction of sp³-hybridized carbons (Fsp3) is 0.136. The Morgan fingerprint density at radius 1 is 1.17 bits per heavy atom. The monoisotopic (exact) mass is 399 g/mol. The number of hydrogen-bond acceptors (Lipinski definition) is 7. The number of aromatic nitrogens is 4. The van der Waals surface area contributed by atoms with Crippen molar-refractivity contribution in [2.24, 2.45) is 0 Å². The normalized spacial score (nSPS) is 10.9. The van der Waals surface area contributed by atoms with Gasteiger partial charge >= 0.3 is 0 Å². The molecule has 8 heteroatoms. The molecule has 3 aromatic heterocycles. The van der Waals surface area contributed by atoms with Crippen molar-refractivity contribution in [1.29, 1.82) is 5.41 Å². The van der Waals surface area contributed by atoms with E-state index in [-0.39, 0.29) is 23.6 Å². The Morgan fingerprint density at radius 3 is 2.73 bits per heavy atom. The highest BCUT2D eigenvalue weighted by molar-refractivity contribution is 6.04. The van der Waals surface area contributed by atoms with Crippen LogP contribution >= 0.6 is 0 Å². The van der Waals surface area contributed by atoms with Crippen LogP contribution in [0.15, 0.2) is 59.8 Å². The zero-order valence-corrected chi connectivity index (χ0v) is 16.7. The number of anilines is 2. The molecular weight excluding hydrogens is 378 g/mol. The molecule has 1 aromatic carbocycles. The highest BCUT2D eigenvalue weighted by Crippen LogP contribution is 2.21. The van der Waals surface area contributed by atoms with E-state index < -0.39 is 0 Å². The Balaban J connectivity index is 1.86. The van der Waals surface area contributed by atoms with E-state index in [1.54, 1.807) is 17.7 Å². The van der Waals surface area contributed by atoms with Crippen molar-refractivity contribution in [2.75, 3.05) is 11.1 Å². The number of rotatable bonds is 5. The van der Waals surface area contributed by atoms with Crippen LogP contribution in [0.25, 0.3) is 16.6 Å². The minimum atomic E-state index is -0.141. The smallest absolute Gasteiger partial charge is 0.264 e. The van der Waals surface area contributed by atoms with Gasteiger partial charge in [-0.2, -0.15) is 0 Å². The van der Waals surface area contributed by atoms with Gasteiger partial charge in [-0.05, 0) is 43.0 Å². The first-order valence-electron chi connectivity index (χ1n) is 9.43. The summed E-state index contributed by atoms with van der Waals surface area (Å²) in [5.74, 6) is 1.26. The largest absolute Gasteiger partial charge is 0.383 e. The number of hydrogen-bond donors (Lipinski definition) is 3. The molecule has 4 N–H and O–H groups in total. The summed E-state index contributed by atoms with van der Waals surface area (Å²) < 4.78 is 1.62. The van der Waals surface area contributed by atoms with Gasteiger partial charge in [0.2, 0.25) is 0 Å². The minimum Gasteiger partial charge on any atom is -0.383 e. The van der Waals surface area contributed by atoms with Gasteiger partial charge < -0.3 is 16.5 Å². The number of fused-ring (bicyclic) bond motifs is 1. The van der Waals surface area contributed by atoms with Crippen molar-refractivity contribution in [3.63, 3.8) is 0 Å². The number of aryl methyl sites for hydroxylation is 1. The highest BCUT2D eigenvalue weighted by atomic mass is 16.1. The van der Waals surface area contributed by atoms with Crippen molar-refractivity contribution < 1.29 is 0 Å². The molecule has 0 saturated carbocycles. The molecule has 0 aliphatic carbocycles. The molecule has 0 fully saturated rings. The van der Waals surface area contributed by atoms with E-state index in [9.17, 15) is 4.79 Å². The lowest BCUT2D eigenvalue weighted by Crippen LogP contribution is -2.25. The number of nitrogens with zero attached hydrogens (tertiary/aromatic N) is 4. The Morgan fingerprint density at radius 2 is 1.97 bits per heavy atom.